The maximum Gasteiger partial charge on any atom is 0.121 e. The monoisotopic (exact) mass is 345 g/mol. The Hall–Kier alpha value is -1.48. The van der Waals surface area contributed by atoms with Crippen LogP contribution in [0.15, 0.2) is 46.9 Å². The fourth-order valence-corrected chi connectivity index (χ4v) is 3.39. The predicted octanol–water partition coefficient (Wildman–Crippen LogP) is 5.12. The molecule has 2 aromatic carbocycles. The molecule has 0 radical (unpaired) electrons. The van der Waals surface area contributed by atoms with E-state index in [0.717, 1.165) is 5.75 Å². The molecule has 21 heavy (non-hydrogen) atoms. The molecule has 0 bridgehead atoms. The van der Waals surface area contributed by atoms with E-state index in [4.69, 9.17) is 4.74 Å². The second-order valence-electron chi connectivity index (χ2n) is 5.75. The van der Waals surface area contributed by atoms with Crippen molar-refractivity contribution in [3.05, 3.63) is 58.1 Å². The summed E-state index contributed by atoms with van der Waals surface area (Å²) in [6.07, 6.45) is 2.39. The zero-order chi connectivity index (χ0) is 14.8. The number of hydrogen-bond donors (Lipinski definition) is 1. The molecule has 0 atom stereocenters. The normalized spacial score (nSPS) is 20.7. The number of hydrogen-bond acceptors (Lipinski definition) is 2. The first-order valence-corrected chi connectivity index (χ1v) is 8.11. The van der Waals surface area contributed by atoms with E-state index in [1.807, 2.05) is 6.07 Å². The summed E-state index contributed by atoms with van der Waals surface area (Å²) in [5, 5.41) is 3.62. The van der Waals surface area contributed by atoms with Gasteiger partial charge in [0.05, 0.1) is 7.11 Å². The second kappa shape index (κ2) is 6.10. The highest BCUT2D eigenvalue weighted by Gasteiger charge is 2.30. The molecule has 0 aliphatic heterocycles. The third-order valence-electron chi connectivity index (χ3n) is 4.22. The van der Waals surface area contributed by atoms with Crippen molar-refractivity contribution in [3.63, 3.8) is 0 Å². The number of halogens is 1. The van der Waals surface area contributed by atoms with Crippen molar-refractivity contribution in [1.82, 2.24) is 0 Å². The standard InChI is InChI=1S/C18H20BrNO/c1-12-8-16(6-7-18(12)21-2)20-17-10-14(11-17)13-4-3-5-15(19)9-13/h3-9,14,17,20H,10-11H2,1-2H3. The first-order chi connectivity index (χ1) is 10.2. The third-order valence-corrected chi connectivity index (χ3v) is 4.72. The third kappa shape index (κ3) is 3.24. The molecule has 0 saturated heterocycles. The predicted molar refractivity (Wildman–Crippen MR) is 91.3 cm³/mol. The number of ether oxygens (including phenoxy) is 1. The zero-order valence-electron chi connectivity index (χ0n) is 12.4. The molecule has 2 nitrogen and oxygen atoms in total. The molecule has 0 heterocycles. The SMILES string of the molecule is COc1ccc(NC2CC(c3cccc(Br)c3)C2)cc1C. The van der Waals surface area contributed by atoms with Crippen LogP contribution in [0, 0.1) is 6.92 Å². The fourth-order valence-electron chi connectivity index (χ4n) is 2.97. The Balaban J connectivity index is 1.58. The van der Waals surface area contributed by atoms with Crippen molar-refractivity contribution in [2.75, 3.05) is 12.4 Å². The van der Waals surface area contributed by atoms with Crippen LogP contribution in [0.5, 0.6) is 5.75 Å². The number of anilines is 1. The number of nitrogens with one attached hydrogen (secondary N) is 1. The Morgan fingerprint density at radius 3 is 2.62 bits per heavy atom. The van der Waals surface area contributed by atoms with E-state index in [2.05, 4.69) is 64.6 Å². The van der Waals surface area contributed by atoms with Gasteiger partial charge in [0.2, 0.25) is 0 Å². The van der Waals surface area contributed by atoms with E-state index in [-0.39, 0.29) is 0 Å². The molecule has 110 valence electrons. The summed E-state index contributed by atoms with van der Waals surface area (Å²) >= 11 is 3.55. The minimum absolute atomic E-state index is 0.571. The van der Waals surface area contributed by atoms with Crippen LogP contribution in [0.3, 0.4) is 0 Å². The Labute approximate surface area is 134 Å². The largest absolute Gasteiger partial charge is 0.496 e. The average molecular weight is 346 g/mol. The fraction of sp³-hybridized carbons (Fsp3) is 0.333. The highest BCUT2D eigenvalue weighted by molar-refractivity contribution is 9.10. The Morgan fingerprint density at radius 2 is 1.95 bits per heavy atom. The van der Waals surface area contributed by atoms with E-state index in [1.54, 1.807) is 7.11 Å². The number of aryl methyl sites for hydroxylation is 1. The van der Waals surface area contributed by atoms with Gasteiger partial charge in [0.25, 0.3) is 0 Å². The molecule has 3 heteroatoms. The van der Waals surface area contributed by atoms with E-state index >= 15 is 0 Å². The van der Waals surface area contributed by atoms with Crippen molar-refractivity contribution in [3.8, 4) is 5.75 Å². The van der Waals surface area contributed by atoms with Crippen LogP contribution in [0.25, 0.3) is 0 Å². The summed E-state index contributed by atoms with van der Waals surface area (Å²) < 4.78 is 6.47. The van der Waals surface area contributed by atoms with Crippen LogP contribution >= 0.6 is 15.9 Å². The molecular weight excluding hydrogens is 326 g/mol. The smallest absolute Gasteiger partial charge is 0.121 e. The van der Waals surface area contributed by atoms with Crippen molar-refractivity contribution in [2.45, 2.75) is 31.7 Å². The molecule has 2 aromatic rings. The van der Waals surface area contributed by atoms with Crippen LogP contribution in [-0.2, 0) is 0 Å². The van der Waals surface area contributed by atoms with Crippen molar-refractivity contribution in [2.24, 2.45) is 0 Å². The van der Waals surface area contributed by atoms with Gasteiger partial charge in [-0.1, -0.05) is 28.1 Å². The summed E-state index contributed by atoms with van der Waals surface area (Å²) in [7, 11) is 1.71. The van der Waals surface area contributed by atoms with Gasteiger partial charge in [-0.15, -0.1) is 0 Å². The Kier molecular flexibility index (Phi) is 4.20. The van der Waals surface area contributed by atoms with E-state index in [0.29, 0.717) is 12.0 Å². The maximum absolute atomic E-state index is 5.30. The molecular formula is C18H20BrNO. The van der Waals surface area contributed by atoms with Crippen molar-refractivity contribution < 1.29 is 4.74 Å². The molecule has 0 aromatic heterocycles. The van der Waals surface area contributed by atoms with Crippen molar-refractivity contribution >= 4 is 21.6 Å². The van der Waals surface area contributed by atoms with Crippen LogP contribution in [0.4, 0.5) is 5.69 Å². The summed E-state index contributed by atoms with van der Waals surface area (Å²) in [6.45, 7) is 2.08. The second-order valence-corrected chi connectivity index (χ2v) is 6.66. The zero-order valence-corrected chi connectivity index (χ0v) is 14.0. The first-order valence-electron chi connectivity index (χ1n) is 7.32. The van der Waals surface area contributed by atoms with Crippen LogP contribution in [0.1, 0.15) is 29.9 Å². The maximum atomic E-state index is 5.30. The summed E-state index contributed by atoms with van der Waals surface area (Å²) in [4.78, 5) is 0. The number of rotatable bonds is 4. The van der Waals surface area contributed by atoms with Crippen LogP contribution in [0.2, 0.25) is 0 Å². The minimum Gasteiger partial charge on any atom is -0.496 e. The number of methoxy groups -OCH3 is 1. The topological polar surface area (TPSA) is 21.3 Å². The lowest BCUT2D eigenvalue weighted by Gasteiger charge is -2.37. The molecule has 0 spiro atoms. The van der Waals surface area contributed by atoms with Gasteiger partial charge in [-0.05, 0) is 67.1 Å². The van der Waals surface area contributed by atoms with Crippen molar-refractivity contribution in [1.29, 1.82) is 0 Å². The Morgan fingerprint density at radius 1 is 1.14 bits per heavy atom. The van der Waals surface area contributed by atoms with Gasteiger partial charge in [0, 0.05) is 16.2 Å². The molecule has 1 aliphatic carbocycles. The molecule has 1 aliphatic rings. The molecule has 3 rings (SSSR count). The average Bonchev–Trinajstić information content (AvgIpc) is 2.42. The molecule has 1 N–H and O–H groups in total. The van der Waals surface area contributed by atoms with Crippen LogP contribution in [-0.4, -0.2) is 13.2 Å². The van der Waals surface area contributed by atoms with Gasteiger partial charge in [-0.2, -0.15) is 0 Å². The van der Waals surface area contributed by atoms with E-state index in [1.165, 1.54) is 34.1 Å². The van der Waals surface area contributed by atoms with Gasteiger partial charge < -0.3 is 10.1 Å². The summed E-state index contributed by atoms with van der Waals surface area (Å²) in [5.74, 6) is 1.63. The quantitative estimate of drug-likeness (QED) is 0.829. The summed E-state index contributed by atoms with van der Waals surface area (Å²) in [5.41, 5.74) is 3.80. The highest BCUT2D eigenvalue weighted by Crippen LogP contribution is 2.39. The Bertz CT molecular complexity index is 635. The lowest BCUT2D eigenvalue weighted by atomic mass is 9.76. The van der Waals surface area contributed by atoms with Gasteiger partial charge in [-0.3, -0.25) is 0 Å². The molecule has 1 fully saturated rings. The van der Waals surface area contributed by atoms with E-state index in [9.17, 15) is 0 Å². The van der Waals surface area contributed by atoms with Gasteiger partial charge in [0.15, 0.2) is 0 Å². The molecule has 1 saturated carbocycles. The van der Waals surface area contributed by atoms with Gasteiger partial charge in [-0.25, -0.2) is 0 Å². The summed E-state index contributed by atoms with van der Waals surface area (Å²) in [6, 6.07) is 15.5. The first kappa shape index (κ1) is 14.5. The van der Waals surface area contributed by atoms with Gasteiger partial charge >= 0.3 is 0 Å². The lowest BCUT2D eigenvalue weighted by molar-refractivity contribution is 0.374. The highest BCUT2D eigenvalue weighted by atomic mass is 79.9. The van der Waals surface area contributed by atoms with Crippen LogP contribution < -0.4 is 10.1 Å². The van der Waals surface area contributed by atoms with Gasteiger partial charge in [0.1, 0.15) is 5.75 Å². The number of benzene rings is 2. The minimum atomic E-state index is 0.571. The lowest BCUT2D eigenvalue weighted by Crippen LogP contribution is -2.34. The molecule has 0 unspecified atom stereocenters. The van der Waals surface area contributed by atoms with E-state index < -0.39 is 0 Å². The molecule has 0 amide bonds.